The van der Waals surface area contributed by atoms with Crippen LogP contribution in [0.5, 0.6) is 0 Å². The second-order valence-corrected chi connectivity index (χ2v) is 7.01. The van der Waals surface area contributed by atoms with Gasteiger partial charge in [-0.1, -0.05) is 43.8 Å². The quantitative estimate of drug-likeness (QED) is 0.516. The molecule has 0 spiro atoms. The smallest absolute Gasteiger partial charge is 0.274 e. The number of aromatic nitrogens is 6. The number of rotatable bonds is 5. The van der Waals surface area contributed by atoms with E-state index in [1.54, 1.807) is 16.3 Å². The largest absolute Gasteiger partial charge is 0.324 e. The van der Waals surface area contributed by atoms with Gasteiger partial charge < -0.3 is 4.57 Å². The minimum Gasteiger partial charge on any atom is -0.324 e. The SMILES string of the molecule is CCCSc1nnc2nc3c(nn12)c1cccc(C)c1n3CCC. The van der Waals surface area contributed by atoms with Crippen molar-refractivity contribution in [3.63, 3.8) is 0 Å². The van der Waals surface area contributed by atoms with Crippen LogP contribution in [0.4, 0.5) is 0 Å². The van der Waals surface area contributed by atoms with Gasteiger partial charge in [0.05, 0.1) is 5.52 Å². The van der Waals surface area contributed by atoms with Crippen molar-refractivity contribution in [3.05, 3.63) is 23.8 Å². The fourth-order valence-electron chi connectivity index (χ4n) is 3.11. The van der Waals surface area contributed by atoms with E-state index < -0.39 is 0 Å². The van der Waals surface area contributed by atoms with Gasteiger partial charge in [-0.3, -0.25) is 0 Å². The van der Waals surface area contributed by atoms with Gasteiger partial charge >= 0.3 is 0 Å². The number of aryl methyl sites for hydroxylation is 2. The van der Waals surface area contributed by atoms with Gasteiger partial charge in [0.15, 0.2) is 5.65 Å². The molecule has 0 aliphatic rings. The number of nitrogens with zero attached hydrogens (tertiary/aromatic N) is 6. The molecule has 6 nitrogen and oxygen atoms in total. The number of hydrogen-bond donors (Lipinski definition) is 0. The Kier molecular flexibility index (Phi) is 3.88. The molecule has 0 aliphatic carbocycles. The summed E-state index contributed by atoms with van der Waals surface area (Å²) >= 11 is 1.67. The van der Waals surface area contributed by atoms with Crippen LogP contribution in [-0.4, -0.2) is 35.1 Å². The standard InChI is InChI=1S/C17H20N6S/c1-4-9-22-14-11(3)7-6-8-12(14)13-15(22)18-16-19-20-17(23(16)21-13)24-10-5-2/h6-8H,4-5,9-10H2,1-3H3. The minimum atomic E-state index is 0.568. The van der Waals surface area contributed by atoms with Crippen molar-refractivity contribution in [2.45, 2.75) is 45.3 Å². The van der Waals surface area contributed by atoms with Crippen LogP contribution in [-0.2, 0) is 6.54 Å². The third kappa shape index (κ3) is 2.26. The van der Waals surface area contributed by atoms with Crippen LogP contribution >= 0.6 is 11.8 Å². The molecular weight excluding hydrogens is 320 g/mol. The molecule has 3 aromatic heterocycles. The fraction of sp³-hybridized carbons (Fsp3) is 0.412. The van der Waals surface area contributed by atoms with Crippen LogP contribution in [0.2, 0.25) is 0 Å². The predicted octanol–water partition coefficient (Wildman–Crippen LogP) is 3.85. The lowest BCUT2D eigenvalue weighted by Gasteiger charge is -2.06. The Morgan fingerprint density at radius 3 is 2.79 bits per heavy atom. The summed E-state index contributed by atoms with van der Waals surface area (Å²) in [6.07, 6.45) is 2.13. The lowest BCUT2D eigenvalue weighted by molar-refractivity contribution is 0.713. The van der Waals surface area contributed by atoms with E-state index in [1.807, 2.05) is 0 Å². The molecule has 0 saturated carbocycles. The van der Waals surface area contributed by atoms with E-state index in [9.17, 15) is 0 Å². The Morgan fingerprint density at radius 2 is 2.00 bits per heavy atom. The summed E-state index contributed by atoms with van der Waals surface area (Å²) in [5, 5.41) is 15.3. The molecule has 0 bridgehead atoms. The third-order valence-electron chi connectivity index (χ3n) is 4.11. The topological polar surface area (TPSA) is 60.9 Å². The molecule has 0 radical (unpaired) electrons. The van der Waals surface area contributed by atoms with Gasteiger partial charge in [0.2, 0.25) is 5.16 Å². The highest BCUT2D eigenvalue weighted by Crippen LogP contribution is 2.29. The summed E-state index contributed by atoms with van der Waals surface area (Å²) in [4.78, 5) is 4.78. The van der Waals surface area contributed by atoms with Gasteiger partial charge in [0.25, 0.3) is 5.78 Å². The maximum atomic E-state index is 4.85. The van der Waals surface area contributed by atoms with E-state index in [0.717, 1.165) is 46.8 Å². The molecule has 124 valence electrons. The molecule has 0 atom stereocenters. The Bertz CT molecular complexity index is 1030. The van der Waals surface area contributed by atoms with E-state index in [4.69, 9.17) is 10.1 Å². The summed E-state index contributed by atoms with van der Waals surface area (Å²) in [5.74, 6) is 1.57. The van der Waals surface area contributed by atoms with E-state index in [-0.39, 0.29) is 0 Å². The zero-order chi connectivity index (χ0) is 16.7. The molecular formula is C17H20N6S. The number of fused-ring (bicyclic) bond motifs is 4. The summed E-state index contributed by atoms with van der Waals surface area (Å²) in [6, 6.07) is 6.35. The number of benzene rings is 1. The van der Waals surface area contributed by atoms with E-state index in [2.05, 4.69) is 53.7 Å². The van der Waals surface area contributed by atoms with Gasteiger partial charge in [-0.15, -0.1) is 10.2 Å². The van der Waals surface area contributed by atoms with E-state index in [0.29, 0.717) is 5.78 Å². The van der Waals surface area contributed by atoms with Crippen LogP contribution < -0.4 is 0 Å². The van der Waals surface area contributed by atoms with Gasteiger partial charge in [0.1, 0.15) is 5.52 Å². The zero-order valence-electron chi connectivity index (χ0n) is 14.2. The Morgan fingerprint density at radius 1 is 1.12 bits per heavy atom. The molecule has 0 unspecified atom stereocenters. The maximum absolute atomic E-state index is 4.85. The summed E-state index contributed by atoms with van der Waals surface area (Å²) in [7, 11) is 0. The number of hydrogen-bond acceptors (Lipinski definition) is 5. The van der Waals surface area contributed by atoms with Crippen LogP contribution in [0.3, 0.4) is 0 Å². The van der Waals surface area contributed by atoms with E-state index >= 15 is 0 Å². The van der Waals surface area contributed by atoms with Crippen molar-refractivity contribution in [3.8, 4) is 0 Å². The first kappa shape index (κ1) is 15.4. The Balaban J connectivity index is 2.05. The van der Waals surface area contributed by atoms with Crippen LogP contribution in [0.25, 0.3) is 27.8 Å². The summed E-state index contributed by atoms with van der Waals surface area (Å²) in [5.41, 5.74) is 4.29. The van der Waals surface area contributed by atoms with Crippen molar-refractivity contribution < 1.29 is 0 Å². The minimum absolute atomic E-state index is 0.568. The molecule has 0 saturated heterocycles. The summed E-state index contributed by atoms with van der Waals surface area (Å²) in [6.45, 7) is 7.39. The molecule has 3 heterocycles. The van der Waals surface area contributed by atoms with Gasteiger partial charge in [-0.25, -0.2) is 0 Å². The highest BCUT2D eigenvalue weighted by Gasteiger charge is 2.18. The molecule has 0 aliphatic heterocycles. The van der Waals surface area contributed by atoms with Crippen LogP contribution in [0.15, 0.2) is 23.4 Å². The molecule has 7 heteroatoms. The molecule has 1 aromatic carbocycles. The van der Waals surface area contributed by atoms with Crippen molar-refractivity contribution in [2.24, 2.45) is 0 Å². The fourth-order valence-corrected chi connectivity index (χ4v) is 3.84. The normalized spacial score (nSPS) is 12.0. The molecule has 0 fully saturated rings. The molecule has 0 amide bonds. The zero-order valence-corrected chi connectivity index (χ0v) is 15.0. The number of para-hydroxylation sites is 1. The average molecular weight is 340 g/mol. The Labute approximate surface area is 144 Å². The first-order valence-corrected chi connectivity index (χ1v) is 9.37. The monoisotopic (exact) mass is 340 g/mol. The molecule has 0 N–H and O–H groups in total. The lowest BCUT2D eigenvalue weighted by Crippen LogP contribution is -2.02. The maximum Gasteiger partial charge on any atom is 0.274 e. The van der Waals surface area contributed by atoms with Crippen molar-refractivity contribution >= 4 is 39.6 Å². The van der Waals surface area contributed by atoms with Gasteiger partial charge in [-0.2, -0.15) is 14.6 Å². The summed E-state index contributed by atoms with van der Waals surface area (Å²) < 4.78 is 4.04. The third-order valence-corrected chi connectivity index (χ3v) is 5.24. The first-order chi connectivity index (χ1) is 11.7. The second kappa shape index (κ2) is 6.05. The molecule has 24 heavy (non-hydrogen) atoms. The van der Waals surface area contributed by atoms with E-state index in [1.165, 1.54) is 11.1 Å². The van der Waals surface area contributed by atoms with Gasteiger partial charge in [0, 0.05) is 17.7 Å². The first-order valence-electron chi connectivity index (χ1n) is 8.38. The van der Waals surface area contributed by atoms with Crippen molar-refractivity contribution in [1.82, 2.24) is 29.4 Å². The number of thioether (sulfide) groups is 1. The molecule has 4 rings (SSSR count). The van der Waals surface area contributed by atoms with Crippen molar-refractivity contribution in [2.75, 3.05) is 5.75 Å². The van der Waals surface area contributed by atoms with Crippen molar-refractivity contribution in [1.29, 1.82) is 0 Å². The van der Waals surface area contributed by atoms with Crippen LogP contribution in [0, 0.1) is 6.92 Å². The lowest BCUT2D eigenvalue weighted by atomic mass is 10.1. The average Bonchev–Trinajstić information content (AvgIpc) is 3.12. The molecule has 4 aromatic rings. The highest BCUT2D eigenvalue weighted by atomic mass is 32.2. The highest BCUT2D eigenvalue weighted by molar-refractivity contribution is 7.99. The Hall–Kier alpha value is -2.15. The predicted molar refractivity (Wildman–Crippen MR) is 97.6 cm³/mol. The second-order valence-electron chi connectivity index (χ2n) is 5.95. The van der Waals surface area contributed by atoms with Gasteiger partial charge in [-0.05, 0) is 25.3 Å². The van der Waals surface area contributed by atoms with Crippen LogP contribution in [0.1, 0.15) is 32.3 Å².